The topological polar surface area (TPSA) is 108 Å². The Kier molecular flexibility index (Phi) is 31.6. The second kappa shape index (κ2) is 33.3. The van der Waals surface area contributed by atoms with Crippen molar-refractivity contribution in [1.29, 1.82) is 0 Å². The number of carbonyl (C=O) groups excluding carboxylic acids is 2. The Morgan fingerprint density at radius 1 is 0.627 bits per heavy atom. The summed E-state index contributed by atoms with van der Waals surface area (Å²) >= 11 is 0. The van der Waals surface area contributed by atoms with Crippen molar-refractivity contribution in [3.8, 4) is 0 Å². The maximum absolute atomic E-state index is 12.6. The maximum atomic E-state index is 12.6. The fourth-order valence-corrected chi connectivity index (χ4v) is 5.20. The third kappa shape index (κ3) is 37.0. The van der Waals surface area contributed by atoms with Gasteiger partial charge in [-0.2, -0.15) is 0 Å². The van der Waals surface area contributed by atoms with Crippen molar-refractivity contribution < 1.29 is 42.1 Å². The highest BCUT2D eigenvalue weighted by molar-refractivity contribution is 7.47. The van der Waals surface area contributed by atoms with Crippen LogP contribution in [0.4, 0.5) is 0 Å². The van der Waals surface area contributed by atoms with Gasteiger partial charge in [0.1, 0.15) is 19.8 Å². The highest BCUT2D eigenvalue weighted by atomic mass is 31.2. The van der Waals surface area contributed by atoms with Crippen LogP contribution in [-0.2, 0) is 32.7 Å². The van der Waals surface area contributed by atoms with Crippen LogP contribution in [0, 0.1) is 0 Å². The third-order valence-corrected chi connectivity index (χ3v) is 8.44. The first-order valence-corrected chi connectivity index (χ1v) is 20.7. The van der Waals surface area contributed by atoms with E-state index in [1.807, 2.05) is 27.2 Å². The zero-order chi connectivity index (χ0) is 37.9. The number of esters is 2. The molecule has 0 aromatic heterocycles. The molecule has 2 atom stereocenters. The summed E-state index contributed by atoms with van der Waals surface area (Å²) in [4.78, 5) is 35.1. The van der Waals surface area contributed by atoms with Gasteiger partial charge in [-0.05, 0) is 70.6 Å². The number of unbranched alkanes of at least 4 members (excludes halogenated alkanes) is 7. The minimum atomic E-state index is -4.39. The lowest BCUT2D eigenvalue weighted by Crippen LogP contribution is -2.37. The van der Waals surface area contributed by atoms with Crippen LogP contribution in [-0.4, -0.2) is 74.9 Å². The first-order valence-electron chi connectivity index (χ1n) is 19.2. The van der Waals surface area contributed by atoms with Gasteiger partial charge in [-0.1, -0.05) is 112 Å². The van der Waals surface area contributed by atoms with Crippen molar-refractivity contribution in [1.82, 2.24) is 0 Å². The summed E-state index contributed by atoms with van der Waals surface area (Å²) in [6, 6.07) is 0. The van der Waals surface area contributed by atoms with E-state index in [2.05, 4.69) is 80.7 Å². The number of phosphoric ester groups is 1. The van der Waals surface area contributed by atoms with Crippen molar-refractivity contribution in [2.45, 2.75) is 129 Å². The van der Waals surface area contributed by atoms with Crippen LogP contribution < -0.4 is 0 Å². The van der Waals surface area contributed by atoms with Crippen LogP contribution in [0.3, 0.4) is 0 Å². The quantitative estimate of drug-likeness (QED) is 0.0233. The molecule has 9 nitrogen and oxygen atoms in total. The minimum Gasteiger partial charge on any atom is -0.462 e. The predicted octanol–water partition coefficient (Wildman–Crippen LogP) is 10.3. The van der Waals surface area contributed by atoms with Crippen LogP contribution in [0.15, 0.2) is 72.9 Å². The molecule has 2 unspecified atom stereocenters. The van der Waals surface area contributed by atoms with Gasteiger partial charge in [0.25, 0.3) is 0 Å². The first kappa shape index (κ1) is 48.5. The molecule has 0 aliphatic rings. The number of nitrogens with zero attached hydrogens (tertiary/aromatic N) is 1. The molecule has 292 valence electrons. The first-order chi connectivity index (χ1) is 24.5. The van der Waals surface area contributed by atoms with Gasteiger partial charge in [0.05, 0.1) is 27.7 Å². The molecule has 0 fully saturated rings. The molecular formula is C41H71NO8P+. The average Bonchev–Trinajstić information content (AvgIpc) is 3.07. The van der Waals surface area contributed by atoms with E-state index >= 15 is 0 Å². The van der Waals surface area contributed by atoms with Crippen LogP contribution in [0.1, 0.15) is 123 Å². The van der Waals surface area contributed by atoms with Crippen molar-refractivity contribution in [3.63, 3.8) is 0 Å². The molecule has 0 saturated heterocycles. The molecule has 51 heavy (non-hydrogen) atoms. The molecule has 0 radical (unpaired) electrons. The molecule has 10 heteroatoms. The van der Waals surface area contributed by atoms with Gasteiger partial charge >= 0.3 is 19.8 Å². The molecule has 0 amide bonds. The Balaban J connectivity index is 4.57. The Morgan fingerprint density at radius 2 is 1.14 bits per heavy atom. The summed E-state index contributed by atoms with van der Waals surface area (Å²) in [5, 5.41) is 0. The van der Waals surface area contributed by atoms with E-state index in [4.69, 9.17) is 18.5 Å². The summed E-state index contributed by atoms with van der Waals surface area (Å²) in [5.41, 5.74) is 0. The zero-order valence-electron chi connectivity index (χ0n) is 32.6. The number of hydrogen-bond acceptors (Lipinski definition) is 7. The highest BCUT2D eigenvalue weighted by Gasteiger charge is 2.27. The van der Waals surface area contributed by atoms with Gasteiger partial charge in [-0.25, -0.2) is 4.57 Å². The van der Waals surface area contributed by atoms with E-state index in [1.54, 1.807) is 0 Å². The fourth-order valence-electron chi connectivity index (χ4n) is 4.46. The van der Waals surface area contributed by atoms with E-state index in [0.717, 1.165) is 70.6 Å². The molecule has 0 aromatic rings. The number of rotatable bonds is 33. The van der Waals surface area contributed by atoms with Crippen molar-refractivity contribution in [2.75, 3.05) is 47.5 Å². The predicted molar refractivity (Wildman–Crippen MR) is 210 cm³/mol. The minimum absolute atomic E-state index is 0.0159. The van der Waals surface area contributed by atoms with Crippen molar-refractivity contribution >= 4 is 19.8 Å². The van der Waals surface area contributed by atoms with Gasteiger partial charge in [0, 0.05) is 12.8 Å². The molecule has 0 heterocycles. The summed E-state index contributed by atoms with van der Waals surface area (Å²) in [5.74, 6) is -0.890. The Hall–Kier alpha value is -2.55. The summed E-state index contributed by atoms with van der Waals surface area (Å²) in [6.45, 7) is 4.13. The van der Waals surface area contributed by atoms with Crippen LogP contribution >= 0.6 is 7.82 Å². The molecule has 0 aliphatic carbocycles. The van der Waals surface area contributed by atoms with Gasteiger partial charge in [0.2, 0.25) is 0 Å². The standard InChI is InChI=1S/C41H70NO8P/c1-6-8-10-12-14-16-18-19-20-21-22-23-24-26-28-30-32-34-41(44)50-39(38-49-51(45,46)48-36-35-42(3,4)5)37-47-40(43)33-31-29-27-25-17-15-13-11-9-7-2/h8,10-11,13-14,16,19-20,22-23,26,28,39H,6-7,9,12,15,17-18,21,24-25,27,29-38H2,1-5H3/p+1/b10-8-,13-11-,16-14-,20-19-,23-22-,28-26-. The normalized spacial score (nSPS) is 14.5. The molecule has 0 aliphatic heterocycles. The smallest absolute Gasteiger partial charge is 0.462 e. The molecule has 0 rings (SSSR count). The SMILES string of the molecule is CC/C=C\C/C=C\C/C=C\C/C=C\C/C=C\CCCC(=O)OC(COC(=O)CCCCCCC/C=C\CCC)COP(=O)(O)OCC[N+](C)(C)C. The average molecular weight is 737 g/mol. The monoisotopic (exact) mass is 736 g/mol. The van der Waals surface area contributed by atoms with E-state index in [0.29, 0.717) is 30.3 Å². The van der Waals surface area contributed by atoms with Gasteiger partial charge in [-0.3, -0.25) is 18.6 Å². The number of quaternary nitrogens is 1. The number of likely N-dealkylation sites (N-methyl/N-ethyl adjacent to an activating group) is 1. The van der Waals surface area contributed by atoms with E-state index in [9.17, 15) is 19.0 Å². The highest BCUT2D eigenvalue weighted by Crippen LogP contribution is 2.43. The number of hydrogen-bond donors (Lipinski definition) is 1. The van der Waals surface area contributed by atoms with Crippen LogP contribution in [0.25, 0.3) is 0 Å². The maximum Gasteiger partial charge on any atom is 0.472 e. The number of ether oxygens (including phenoxy) is 2. The zero-order valence-corrected chi connectivity index (χ0v) is 33.4. The van der Waals surface area contributed by atoms with Gasteiger partial charge < -0.3 is 18.9 Å². The molecule has 1 N–H and O–H groups in total. The van der Waals surface area contributed by atoms with E-state index in [1.165, 1.54) is 6.42 Å². The van der Waals surface area contributed by atoms with Crippen LogP contribution in [0.5, 0.6) is 0 Å². The molecule has 0 spiro atoms. The van der Waals surface area contributed by atoms with Crippen molar-refractivity contribution in [3.05, 3.63) is 72.9 Å². The second-order valence-corrected chi connectivity index (χ2v) is 15.0. The third-order valence-electron chi connectivity index (χ3n) is 7.45. The van der Waals surface area contributed by atoms with Crippen LogP contribution in [0.2, 0.25) is 0 Å². The summed E-state index contributed by atoms with van der Waals surface area (Å²) < 4.78 is 34.0. The Labute approximate surface area is 310 Å². The Morgan fingerprint density at radius 3 is 1.75 bits per heavy atom. The Bertz CT molecular complexity index is 1100. The van der Waals surface area contributed by atoms with E-state index in [-0.39, 0.29) is 26.1 Å². The summed E-state index contributed by atoms with van der Waals surface area (Å²) in [7, 11) is 1.42. The number of allylic oxidation sites excluding steroid dienone is 12. The molecule has 0 saturated carbocycles. The molecular weight excluding hydrogens is 665 g/mol. The lowest BCUT2D eigenvalue weighted by Gasteiger charge is -2.24. The van der Waals surface area contributed by atoms with Crippen molar-refractivity contribution in [2.24, 2.45) is 0 Å². The number of carbonyl (C=O) groups is 2. The molecule has 0 aromatic carbocycles. The van der Waals surface area contributed by atoms with E-state index < -0.39 is 32.5 Å². The number of phosphoric acid groups is 1. The fraction of sp³-hybridized carbons (Fsp3) is 0.659. The second-order valence-electron chi connectivity index (χ2n) is 13.6. The van der Waals surface area contributed by atoms with Gasteiger partial charge in [0.15, 0.2) is 6.10 Å². The lowest BCUT2D eigenvalue weighted by molar-refractivity contribution is -0.870. The van der Waals surface area contributed by atoms with Gasteiger partial charge in [-0.15, -0.1) is 0 Å². The largest absolute Gasteiger partial charge is 0.472 e. The summed E-state index contributed by atoms with van der Waals surface area (Å²) in [6.07, 6.45) is 39.7. The lowest BCUT2D eigenvalue weighted by atomic mass is 10.1. The molecule has 0 bridgehead atoms.